The Labute approximate surface area is 264 Å². The van der Waals surface area contributed by atoms with Crippen molar-refractivity contribution in [3.05, 3.63) is 81.6 Å². The lowest BCUT2D eigenvalue weighted by Gasteiger charge is -2.30. The minimum atomic E-state index is -3.17. The molecule has 3 heterocycles. The first-order valence-electron chi connectivity index (χ1n) is 14.2. The second-order valence-corrected chi connectivity index (χ2v) is 12.2. The SMILES string of the molecule is Cc1cnc2c(OC(F)F)cc(C(=O)NCC(O)(c3cc4c(c(-c5ccc(Cl)c(F)c5F)n3)OC[C@]4(C)C(N)=O)C3CC3)cc2c1. The zero-order chi connectivity index (χ0) is 33.1. The van der Waals surface area contributed by atoms with Gasteiger partial charge in [0.15, 0.2) is 17.4 Å². The van der Waals surface area contributed by atoms with Gasteiger partial charge in [-0.15, -0.1) is 0 Å². The molecule has 1 aliphatic heterocycles. The van der Waals surface area contributed by atoms with Gasteiger partial charge < -0.3 is 25.6 Å². The highest BCUT2D eigenvalue weighted by Crippen LogP contribution is 2.50. The lowest BCUT2D eigenvalue weighted by molar-refractivity contribution is -0.123. The van der Waals surface area contributed by atoms with Crippen LogP contribution < -0.4 is 20.5 Å². The van der Waals surface area contributed by atoms with Crippen LogP contribution in [-0.2, 0) is 15.8 Å². The van der Waals surface area contributed by atoms with Gasteiger partial charge in [0.05, 0.1) is 17.3 Å². The first kappa shape index (κ1) is 31.5. The van der Waals surface area contributed by atoms with E-state index in [4.69, 9.17) is 22.1 Å². The van der Waals surface area contributed by atoms with Crippen LogP contribution in [0, 0.1) is 24.5 Å². The van der Waals surface area contributed by atoms with E-state index in [2.05, 4.69) is 20.0 Å². The van der Waals surface area contributed by atoms with E-state index in [9.17, 15) is 27.9 Å². The molecule has 4 aromatic rings. The highest BCUT2D eigenvalue weighted by Gasteiger charge is 2.50. The number of aromatic nitrogens is 2. The van der Waals surface area contributed by atoms with Gasteiger partial charge >= 0.3 is 6.61 Å². The van der Waals surface area contributed by atoms with Gasteiger partial charge in [-0.1, -0.05) is 11.6 Å². The Kier molecular flexibility index (Phi) is 7.80. The number of nitrogens with one attached hydrogen (secondary N) is 1. The largest absolute Gasteiger partial charge is 0.489 e. The molecule has 0 bridgehead atoms. The van der Waals surface area contributed by atoms with E-state index in [0.717, 1.165) is 17.7 Å². The molecule has 2 aromatic carbocycles. The highest BCUT2D eigenvalue weighted by atomic mass is 35.5. The number of hydrogen-bond donors (Lipinski definition) is 3. The molecular formula is C32H27ClF4N4O5. The molecule has 0 saturated heterocycles. The van der Waals surface area contributed by atoms with E-state index in [1.165, 1.54) is 31.3 Å². The molecule has 1 unspecified atom stereocenters. The Morgan fingerprint density at radius 1 is 1.22 bits per heavy atom. The summed E-state index contributed by atoms with van der Waals surface area (Å²) >= 11 is 5.77. The Balaban J connectivity index is 1.42. The maximum Gasteiger partial charge on any atom is 0.387 e. The van der Waals surface area contributed by atoms with E-state index in [-0.39, 0.29) is 51.7 Å². The predicted octanol–water partition coefficient (Wildman–Crippen LogP) is 5.30. The van der Waals surface area contributed by atoms with E-state index >= 15 is 4.39 Å². The number of aryl methyl sites for hydroxylation is 1. The third kappa shape index (κ3) is 5.36. The minimum Gasteiger partial charge on any atom is -0.489 e. The molecule has 1 saturated carbocycles. The number of amides is 2. The van der Waals surface area contributed by atoms with Crippen LogP contribution in [0.4, 0.5) is 17.6 Å². The number of ether oxygens (including phenoxy) is 2. The zero-order valence-electron chi connectivity index (χ0n) is 24.5. The zero-order valence-corrected chi connectivity index (χ0v) is 25.2. The van der Waals surface area contributed by atoms with Crippen molar-refractivity contribution in [1.82, 2.24) is 15.3 Å². The average Bonchev–Trinajstić information content (AvgIpc) is 3.81. The maximum absolute atomic E-state index is 15.2. The van der Waals surface area contributed by atoms with Gasteiger partial charge in [-0.3, -0.25) is 14.6 Å². The number of halogens is 5. The van der Waals surface area contributed by atoms with Crippen molar-refractivity contribution in [3.63, 3.8) is 0 Å². The number of nitrogens with zero attached hydrogens (tertiary/aromatic N) is 2. The number of fused-ring (bicyclic) bond motifs is 2. The molecule has 2 aliphatic rings. The van der Waals surface area contributed by atoms with Crippen molar-refractivity contribution in [2.45, 2.75) is 44.3 Å². The molecule has 2 atom stereocenters. The summed E-state index contributed by atoms with van der Waals surface area (Å²) in [5, 5.41) is 14.7. The number of primary amides is 1. The third-order valence-corrected chi connectivity index (χ3v) is 8.78. The Morgan fingerprint density at radius 3 is 2.63 bits per heavy atom. The van der Waals surface area contributed by atoms with Crippen LogP contribution in [0.15, 0.2) is 42.6 Å². The van der Waals surface area contributed by atoms with Gasteiger partial charge in [0.1, 0.15) is 34.6 Å². The highest BCUT2D eigenvalue weighted by molar-refractivity contribution is 6.30. The summed E-state index contributed by atoms with van der Waals surface area (Å²) in [6.45, 7) is -0.535. The molecule has 0 radical (unpaired) electrons. The molecule has 6 rings (SSSR count). The smallest absolute Gasteiger partial charge is 0.387 e. The Hall–Kier alpha value is -4.49. The summed E-state index contributed by atoms with van der Waals surface area (Å²) in [4.78, 5) is 34.7. The summed E-state index contributed by atoms with van der Waals surface area (Å²) in [5.41, 5.74) is 2.91. The summed E-state index contributed by atoms with van der Waals surface area (Å²) in [5.74, 6) is -4.86. The molecule has 9 nitrogen and oxygen atoms in total. The van der Waals surface area contributed by atoms with Crippen LogP contribution in [0.3, 0.4) is 0 Å². The lowest BCUT2D eigenvalue weighted by Crippen LogP contribution is -2.44. The number of aliphatic hydroxyl groups is 1. The van der Waals surface area contributed by atoms with Crippen molar-refractivity contribution in [1.29, 1.82) is 0 Å². The van der Waals surface area contributed by atoms with Crippen molar-refractivity contribution in [2.75, 3.05) is 13.2 Å². The van der Waals surface area contributed by atoms with Crippen molar-refractivity contribution >= 4 is 34.3 Å². The Morgan fingerprint density at radius 2 is 1.96 bits per heavy atom. The number of nitrogens with two attached hydrogens (primary N) is 1. The number of alkyl halides is 2. The fourth-order valence-corrected chi connectivity index (χ4v) is 5.81. The fraction of sp³-hybridized carbons (Fsp3) is 0.312. The number of carbonyl (C=O) groups excluding carboxylic acids is 2. The van der Waals surface area contributed by atoms with Crippen molar-refractivity contribution in [2.24, 2.45) is 11.7 Å². The number of hydrogen-bond acceptors (Lipinski definition) is 7. The molecule has 2 aromatic heterocycles. The summed E-state index contributed by atoms with van der Waals surface area (Å²) < 4.78 is 66.6. The number of benzene rings is 2. The molecular weight excluding hydrogens is 632 g/mol. The second kappa shape index (κ2) is 11.4. The van der Waals surface area contributed by atoms with Crippen LogP contribution in [0.25, 0.3) is 22.2 Å². The van der Waals surface area contributed by atoms with Gasteiger partial charge in [-0.2, -0.15) is 8.78 Å². The normalized spacial score (nSPS) is 18.6. The monoisotopic (exact) mass is 658 g/mol. The standard InChI is InChI=1S/C32H27ClF4N4O5/c1-14-7-15-8-16(9-21(46-30(36)37)25(15)39-11-14)28(42)40-12-32(44,17-3-4-17)22-10-19-27(45-13-31(19,2)29(38)43)26(41-22)18-5-6-20(33)24(35)23(18)34/h5-11,17,30,44H,3-4,12-13H2,1-2H3,(H2,38,43)(H,40,42)/t31-,32?/m0/s1. The van der Waals surface area contributed by atoms with E-state index in [1.807, 2.05) is 0 Å². The molecule has 14 heteroatoms. The molecule has 0 spiro atoms. The quantitative estimate of drug-likeness (QED) is 0.164. The number of carbonyl (C=O) groups is 2. The van der Waals surface area contributed by atoms with Gasteiger partial charge in [-0.25, -0.2) is 13.8 Å². The minimum absolute atomic E-state index is 0.0144. The van der Waals surface area contributed by atoms with Crippen molar-refractivity contribution in [3.8, 4) is 22.8 Å². The molecule has 1 aliphatic carbocycles. The topological polar surface area (TPSA) is 137 Å². The molecule has 46 heavy (non-hydrogen) atoms. The van der Waals surface area contributed by atoms with Crippen LogP contribution >= 0.6 is 11.6 Å². The fourth-order valence-electron chi connectivity index (χ4n) is 5.67. The average molecular weight is 659 g/mol. The maximum atomic E-state index is 15.2. The first-order valence-corrected chi connectivity index (χ1v) is 14.6. The summed E-state index contributed by atoms with van der Waals surface area (Å²) in [7, 11) is 0. The van der Waals surface area contributed by atoms with Gasteiger partial charge in [0.25, 0.3) is 5.91 Å². The van der Waals surface area contributed by atoms with E-state index in [1.54, 1.807) is 13.0 Å². The van der Waals surface area contributed by atoms with Gasteiger partial charge in [-0.05, 0) is 74.6 Å². The number of pyridine rings is 2. The summed E-state index contributed by atoms with van der Waals surface area (Å²) in [6, 6.07) is 8.00. The van der Waals surface area contributed by atoms with Crippen LogP contribution in [0.1, 0.15) is 46.9 Å². The van der Waals surface area contributed by atoms with Gasteiger partial charge in [0.2, 0.25) is 5.91 Å². The van der Waals surface area contributed by atoms with E-state index in [0.29, 0.717) is 18.2 Å². The van der Waals surface area contributed by atoms with E-state index < -0.39 is 58.6 Å². The lowest BCUT2D eigenvalue weighted by atomic mass is 9.81. The van der Waals surface area contributed by atoms with Gasteiger partial charge in [0, 0.05) is 28.3 Å². The molecule has 2 amide bonds. The second-order valence-electron chi connectivity index (χ2n) is 11.8. The third-order valence-electron chi connectivity index (χ3n) is 8.48. The van der Waals surface area contributed by atoms with Crippen LogP contribution in [0.2, 0.25) is 5.02 Å². The Bertz CT molecular complexity index is 1920. The van der Waals surface area contributed by atoms with Crippen molar-refractivity contribution < 1.29 is 41.7 Å². The molecule has 1 fully saturated rings. The summed E-state index contributed by atoms with van der Waals surface area (Å²) in [6.07, 6.45) is 2.56. The molecule has 4 N–H and O–H groups in total. The predicted molar refractivity (Wildman–Crippen MR) is 159 cm³/mol. The first-order chi connectivity index (χ1) is 21.7. The van der Waals surface area contributed by atoms with Crippen LogP contribution in [0.5, 0.6) is 11.5 Å². The van der Waals surface area contributed by atoms with Crippen LogP contribution in [-0.4, -0.2) is 46.7 Å². The number of rotatable bonds is 9. The molecule has 240 valence electrons.